The molecule has 100 valence electrons. The monoisotopic (exact) mass is 305 g/mol. The van der Waals surface area contributed by atoms with Gasteiger partial charge in [-0.25, -0.2) is 0 Å². The maximum Gasteiger partial charge on any atom is 0.225 e. The molecule has 1 fully saturated rings. The molecule has 1 saturated heterocycles. The molecule has 0 radical (unpaired) electrons. The van der Waals surface area contributed by atoms with Crippen LogP contribution in [0.15, 0.2) is 0 Å². The lowest BCUT2D eigenvalue weighted by Gasteiger charge is -2.31. The Kier molecular flexibility index (Phi) is 7.12. The van der Waals surface area contributed by atoms with Gasteiger partial charge in [0, 0.05) is 24.5 Å². The molecule has 1 unspecified atom stereocenters. The van der Waals surface area contributed by atoms with Crippen molar-refractivity contribution in [3.05, 3.63) is 0 Å². The fourth-order valence-corrected chi connectivity index (χ4v) is 2.83. The smallest absolute Gasteiger partial charge is 0.225 e. The number of nitrogens with zero attached hydrogens (tertiary/aromatic N) is 1. The van der Waals surface area contributed by atoms with E-state index in [1.807, 2.05) is 4.90 Å². The summed E-state index contributed by atoms with van der Waals surface area (Å²) in [5, 5.41) is 0.848. The molecule has 0 aromatic rings. The van der Waals surface area contributed by atoms with Crippen molar-refractivity contribution in [2.45, 2.75) is 58.1 Å². The molecule has 1 atom stereocenters. The van der Waals surface area contributed by atoms with Gasteiger partial charge >= 0.3 is 0 Å². The lowest BCUT2D eigenvalue weighted by Crippen LogP contribution is -2.42. The van der Waals surface area contributed by atoms with Crippen LogP contribution >= 0.6 is 15.9 Å². The van der Waals surface area contributed by atoms with Crippen molar-refractivity contribution in [2.24, 2.45) is 0 Å². The van der Waals surface area contributed by atoms with Gasteiger partial charge in [-0.05, 0) is 25.7 Å². The van der Waals surface area contributed by atoms with Crippen molar-refractivity contribution in [1.29, 1.82) is 0 Å². The fraction of sp³-hybridized carbons (Fsp3) is 0.923. The summed E-state index contributed by atoms with van der Waals surface area (Å²) in [5.41, 5.74) is 0. The van der Waals surface area contributed by atoms with Gasteiger partial charge in [-0.15, -0.1) is 0 Å². The van der Waals surface area contributed by atoms with Crippen molar-refractivity contribution in [3.63, 3.8) is 0 Å². The van der Waals surface area contributed by atoms with Crippen LogP contribution in [0.25, 0.3) is 0 Å². The van der Waals surface area contributed by atoms with Crippen LogP contribution in [0, 0.1) is 0 Å². The third kappa shape index (κ3) is 4.59. The molecule has 0 bridgehead atoms. The highest BCUT2D eigenvalue weighted by Crippen LogP contribution is 2.18. The van der Waals surface area contributed by atoms with Gasteiger partial charge in [0.1, 0.15) is 0 Å². The molecule has 1 amide bonds. The number of hydrogen-bond acceptors (Lipinski definition) is 2. The van der Waals surface area contributed by atoms with Crippen LogP contribution in [-0.4, -0.2) is 41.4 Å². The minimum absolute atomic E-state index is 0.162. The molecule has 0 aliphatic carbocycles. The highest BCUT2D eigenvalue weighted by Gasteiger charge is 2.25. The Morgan fingerprint density at radius 3 is 2.65 bits per heavy atom. The molecule has 3 nitrogen and oxygen atoms in total. The Morgan fingerprint density at radius 2 is 2.18 bits per heavy atom. The molecule has 1 aliphatic rings. The first-order chi connectivity index (χ1) is 8.22. The standard InChI is InChI=1S/C13H24BrNO2/c1-3-11(4-2)15(8-7-14)13(16)10-12-6-5-9-17-12/h11-12H,3-10H2,1-2H3. The maximum atomic E-state index is 12.3. The van der Waals surface area contributed by atoms with E-state index in [0.717, 1.165) is 44.2 Å². The van der Waals surface area contributed by atoms with Crippen LogP contribution in [0.4, 0.5) is 0 Å². The first-order valence-electron chi connectivity index (χ1n) is 6.69. The summed E-state index contributed by atoms with van der Waals surface area (Å²) in [7, 11) is 0. The van der Waals surface area contributed by atoms with Crippen molar-refractivity contribution < 1.29 is 9.53 Å². The molecular formula is C13H24BrNO2. The third-order valence-corrected chi connectivity index (χ3v) is 3.81. The highest BCUT2D eigenvalue weighted by molar-refractivity contribution is 9.09. The van der Waals surface area contributed by atoms with Crippen LogP contribution in [-0.2, 0) is 9.53 Å². The Morgan fingerprint density at radius 1 is 1.47 bits per heavy atom. The molecule has 0 spiro atoms. The molecule has 17 heavy (non-hydrogen) atoms. The van der Waals surface area contributed by atoms with Gasteiger partial charge in [0.05, 0.1) is 12.5 Å². The Bertz CT molecular complexity index is 225. The lowest BCUT2D eigenvalue weighted by atomic mass is 10.1. The average Bonchev–Trinajstić information content (AvgIpc) is 2.82. The summed E-state index contributed by atoms with van der Waals surface area (Å²) in [6.07, 6.45) is 4.91. The lowest BCUT2D eigenvalue weighted by molar-refractivity contribution is -0.135. The molecular weight excluding hydrogens is 282 g/mol. The minimum atomic E-state index is 0.162. The van der Waals surface area contributed by atoms with E-state index < -0.39 is 0 Å². The zero-order valence-electron chi connectivity index (χ0n) is 11.0. The van der Waals surface area contributed by atoms with E-state index in [9.17, 15) is 4.79 Å². The van der Waals surface area contributed by atoms with E-state index in [2.05, 4.69) is 29.8 Å². The van der Waals surface area contributed by atoms with E-state index in [0.29, 0.717) is 12.5 Å². The van der Waals surface area contributed by atoms with E-state index in [1.54, 1.807) is 0 Å². The molecule has 1 aliphatic heterocycles. The van der Waals surface area contributed by atoms with E-state index in [-0.39, 0.29) is 12.0 Å². The second-order valence-corrected chi connectivity index (χ2v) is 5.38. The molecule has 0 N–H and O–H groups in total. The summed E-state index contributed by atoms with van der Waals surface area (Å²) < 4.78 is 5.54. The van der Waals surface area contributed by atoms with Crippen molar-refractivity contribution in [3.8, 4) is 0 Å². The van der Waals surface area contributed by atoms with Crippen LogP contribution in [0.5, 0.6) is 0 Å². The molecule has 1 heterocycles. The highest BCUT2D eigenvalue weighted by atomic mass is 79.9. The van der Waals surface area contributed by atoms with Crippen molar-refractivity contribution >= 4 is 21.8 Å². The zero-order chi connectivity index (χ0) is 12.7. The quantitative estimate of drug-likeness (QED) is 0.677. The number of halogens is 1. The van der Waals surface area contributed by atoms with Crippen LogP contribution in [0.2, 0.25) is 0 Å². The van der Waals surface area contributed by atoms with Crippen LogP contribution in [0.1, 0.15) is 46.0 Å². The third-order valence-electron chi connectivity index (χ3n) is 3.46. The number of alkyl halides is 1. The Balaban J connectivity index is 2.52. The topological polar surface area (TPSA) is 29.5 Å². The maximum absolute atomic E-state index is 12.3. The fourth-order valence-electron chi connectivity index (χ4n) is 2.45. The largest absolute Gasteiger partial charge is 0.378 e. The average molecular weight is 306 g/mol. The molecule has 0 saturated carbocycles. The van der Waals surface area contributed by atoms with Crippen LogP contribution < -0.4 is 0 Å². The second kappa shape index (κ2) is 8.09. The predicted octanol–water partition coefficient (Wildman–Crippen LogP) is 2.97. The number of ether oxygens (including phenoxy) is 1. The minimum Gasteiger partial charge on any atom is -0.378 e. The number of hydrogen-bond donors (Lipinski definition) is 0. The first-order valence-corrected chi connectivity index (χ1v) is 7.82. The van der Waals surface area contributed by atoms with Gasteiger partial charge in [0.25, 0.3) is 0 Å². The molecule has 4 heteroatoms. The molecule has 0 aromatic carbocycles. The van der Waals surface area contributed by atoms with Crippen molar-refractivity contribution in [1.82, 2.24) is 4.90 Å². The van der Waals surface area contributed by atoms with Gasteiger partial charge in [0.2, 0.25) is 5.91 Å². The Labute approximate surface area is 113 Å². The van der Waals surface area contributed by atoms with Gasteiger partial charge in [-0.3, -0.25) is 4.79 Å². The van der Waals surface area contributed by atoms with E-state index in [4.69, 9.17) is 4.74 Å². The van der Waals surface area contributed by atoms with E-state index >= 15 is 0 Å². The Hall–Kier alpha value is -0.0900. The first kappa shape index (κ1) is 15.0. The summed E-state index contributed by atoms with van der Waals surface area (Å²) in [4.78, 5) is 14.3. The van der Waals surface area contributed by atoms with Crippen molar-refractivity contribution in [2.75, 3.05) is 18.5 Å². The number of carbonyl (C=O) groups excluding carboxylic acids is 1. The summed E-state index contributed by atoms with van der Waals surface area (Å²) in [6, 6.07) is 0.376. The molecule has 1 rings (SSSR count). The normalized spacial score (nSPS) is 19.9. The van der Waals surface area contributed by atoms with E-state index in [1.165, 1.54) is 0 Å². The number of amides is 1. The van der Waals surface area contributed by atoms with Crippen LogP contribution in [0.3, 0.4) is 0 Å². The van der Waals surface area contributed by atoms with Gasteiger partial charge in [-0.2, -0.15) is 0 Å². The number of rotatable bonds is 7. The zero-order valence-corrected chi connectivity index (χ0v) is 12.5. The van der Waals surface area contributed by atoms with Gasteiger partial charge in [0.15, 0.2) is 0 Å². The summed E-state index contributed by atoms with van der Waals surface area (Å²) in [6.45, 7) is 5.92. The van der Waals surface area contributed by atoms with Gasteiger partial charge in [-0.1, -0.05) is 29.8 Å². The predicted molar refractivity (Wildman–Crippen MR) is 73.5 cm³/mol. The van der Waals surface area contributed by atoms with Gasteiger partial charge < -0.3 is 9.64 Å². The molecule has 0 aromatic heterocycles. The summed E-state index contributed by atoms with van der Waals surface area (Å²) in [5.74, 6) is 0.255. The summed E-state index contributed by atoms with van der Waals surface area (Å²) >= 11 is 3.43. The number of carbonyl (C=O) groups is 1. The second-order valence-electron chi connectivity index (χ2n) is 4.59. The SMILES string of the molecule is CCC(CC)N(CCBr)C(=O)CC1CCCO1.